The van der Waals surface area contributed by atoms with Crippen LogP contribution < -0.4 is 4.72 Å². The summed E-state index contributed by atoms with van der Waals surface area (Å²) in [5.74, 6) is 0.171. The van der Waals surface area contributed by atoms with Crippen molar-refractivity contribution >= 4 is 47.7 Å². The third-order valence-corrected chi connectivity index (χ3v) is 4.83. The third-order valence-electron chi connectivity index (χ3n) is 1.98. The van der Waals surface area contributed by atoms with Gasteiger partial charge < -0.3 is 0 Å². The van der Waals surface area contributed by atoms with Gasteiger partial charge in [0.25, 0.3) is 10.0 Å². The summed E-state index contributed by atoms with van der Waals surface area (Å²) < 4.78 is 27.8. The first-order valence-electron chi connectivity index (χ1n) is 4.73. The molecule has 8 heteroatoms. The SMILES string of the molecule is O=S(=O)(Nc1cnccn1)c1cc(Br)ccc1Br. The van der Waals surface area contributed by atoms with Crippen molar-refractivity contribution in [3.05, 3.63) is 45.7 Å². The highest BCUT2D eigenvalue weighted by Gasteiger charge is 2.18. The van der Waals surface area contributed by atoms with Gasteiger partial charge in [0.1, 0.15) is 4.90 Å². The van der Waals surface area contributed by atoms with Gasteiger partial charge in [-0.1, -0.05) is 15.9 Å². The largest absolute Gasteiger partial charge is 0.264 e. The normalized spacial score (nSPS) is 11.2. The molecule has 0 aliphatic heterocycles. The minimum Gasteiger partial charge on any atom is -0.262 e. The van der Waals surface area contributed by atoms with E-state index in [1.54, 1.807) is 12.1 Å². The summed E-state index contributed by atoms with van der Waals surface area (Å²) in [5, 5.41) is 0. The van der Waals surface area contributed by atoms with Crippen LogP contribution in [0.2, 0.25) is 0 Å². The molecule has 0 spiro atoms. The number of nitrogens with one attached hydrogen (secondary N) is 1. The van der Waals surface area contributed by atoms with Crippen LogP contribution in [0.1, 0.15) is 0 Å². The molecule has 18 heavy (non-hydrogen) atoms. The molecule has 0 aliphatic rings. The summed E-state index contributed by atoms with van der Waals surface area (Å²) in [6.07, 6.45) is 4.21. The smallest absolute Gasteiger partial charge is 0.262 e. The van der Waals surface area contributed by atoms with Crippen LogP contribution in [0.3, 0.4) is 0 Å². The molecular formula is C10H7Br2N3O2S. The average molecular weight is 393 g/mol. The van der Waals surface area contributed by atoms with Crippen molar-refractivity contribution in [1.29, 1.82) is 0 Å². The Kier molecular flexibility index (Phi) is 3.98. The molecule has 2 rings (SSSR count). The summed E-state index contributed by atoms with van der Waals surface area (Å²) in [6.45, 7) is 0. The molecule has 5 nitrogen and oxygen atoms in total. The molecular weight excluding hydrogens is 386 g/mol. The highest BCUT2D eigenvalue weighted by Crippen LogP contribution is 2.26. The number of hydrogen-bond acceptors (Lipinski definition) is 4. The maximum absolute atomic E-state index is 12.1. The minimum atomic E-state index is -3.70. The first kappa shape index (κ1) is 13.4. The first-order chi connectivity index (χ1) is 8.49. The number of hydrogen-bond donors (Lipinski definition) is 1. The van der Waals surface area contributed by atoms with Crippen LogP contribution >= 0.6 is 31.9 Å². The number of sulfonamides is 1. The van der Waals surface area contributed by atoms with E-state index >= 15 is 0 Å². The van der Waals surface area contributed by atoms with Gasteiger partial charge in [-0.15, -0.1) is 0 Å². The molecule has 0 aliphatic carbocycles. The Labute approximate surface area is 121 Å². The maximum atomic E-state index is 12.1. The van der Waals surface area contributed by atoms with E-state index in [9.17, 15) is 8.42 Å². The van der Waals surface area contributed by atoms with Gasteiger partial charge in [0.2, 0.25) is 0 Å². The van der Waals surface area contributed by atoms with Crippen LogP contribution in [0.15, 0.2) is 50.6 Å². The van der Waals surface area contributed by atoms with Gasteiger partial charge in [0.05, 0.1) is 6.20 Å². The number of rotatable bonds is 3. The second kappa shape index (κ2) is 5.33. The summed E-state index contributed by atoms with van der Waals surface area (Å²) in [4.78, 5) is 7.78. The van der Waals surface area contributed by atoms with Crippen LogP contribution in [0.5, 0.6) is 0 Å². The Bertz CT molecular complexity index is 662. The van der Waals surface area contributed by atoms with E-state index in [0.717, 1.165) is 0 Å². The number of anilines is 1. The number of aromatic nitrogens is 2. The Morgan fingerprint density at radius 2 is 1.94 bits per heavy atom. The molecule has 1 aromatic carbocycles. The van der Waals surface area contributed by atoms with E-state index in [4.69, 9.17) is 0 Å². The fourth-order valence-corrected chi connectivity index (χ4v) is 3.72. The van der Waals surface area contributed by atoms with Crippen LogP contribution in [0, 0.1) is 0 Å². The van der Waals surface area contributed by atoms with Gasteiger partial charge in [-0.3, -0.25) is 9.71 Å². The Hall–Kier alpha value is -0.990. The predicted octanol–water partition coefficient (Wildman–Crippen LogP) is 2.80. The van der Waals surface area contributed by atoms with Crippen molar-refractivity contribution in [2.75, 3.05) is 4.72 Å². The molecule has 0 bridgehead atoms. The molecule has 1 aromatic heterocycles. The molecule has 94 valence electrons. The highest BCUT2D eigenvalue weighted by molar-refractivity contribution is 9.11. The van der Waals surface area contributed by atoms with Crippen molar-refractivity contribution in [2.45, 2.75) is 4.90 Å². The van der Waals surface area contributed by atoms with Gasteiger partial charge >= 0.3 is 0 Å². The molecule has 0 fully saturated rings. The van der Waals surface area contributed by atoms with E-state index in [2.05, 4.69) is 46.5 Å². The Morgan fingerprint density at radius 1 is 1.17 bits per heavy atom. The molecule has 1 N–H and O–H groups in total. The molecule has 0 amide bonds. The number of benzene rings is 1. The molecule has 0 atom stereocenters. The summed E-state index contributed by atoms with van der Waals surface area (Å²) in [6, 6.07) is 4.89. The topological polar surface area (TPSA) is 72.0 Å². The van der Waals surface area contributed by atoms with Crippen LogP contribution in [0.4, 0.5) is 5.82 Å². The first-order valence-corrected chi connectivity index (χ1v) is 7.80. The third kappa shape index (κ3) is 3.06. The van der Waals surface area contributed by atoms with E-state index < -0.39 is 10.0 Å². The summed E-state index contributed by atoms with van der Waals surface area (Å²) in [7, 11) is -3.70. The second-order valence-electron chi connectivity index (χ2n) is 3.27. The van der Waals surface area contributed by atoms with E-state index in [1.165, 1.54) is 24.7 Å². The fourth-order valence-electron chi connectivity index (χ4n) is 1.23. The zero-order chi connectivity index (χ0) is 13.2. The lowest BCUT2D eigenvalue weighted by molar-refractivity contribution is 0.600. The lowest BCUT2D eigenvalue weighted by Crippen LogP contribution is -2.14. The predicted molar refractivity (Wildman–Crippen MR) is 74.7 cm³/mol. The van der Waals surface area contributed by atoms with Gasteiger partial charge in [-0.25, -0.2) is 13.4 Å². The zero-order valence-corrected chi connectivity index (χ0v) is 12.8. The molecule has 1 heterocycles. The molecule has 0 saturated carbocycles. The van der Waals surface area contributed by atoms with Crippen molar-refractivity contribution in [2.24, 2.45) is 0 Å². The van der Waals surface area contributed by atoms with Crippen molar-refractivity contribution in [3.8, 4) is 0 Å². The highest BCUT2D eigenvalue weighted by atomic mass is 79.9. The van der Waals surface area contributed by atoms with E-state index in [1.807, 2.05) is 0 Å². The van der Waals surface area contributed by atoms with E-state index in [0.29, 0.717) is 8.95 Å². The lowest BCUT2D eigenvalue weighted by atomic mass is 10.4. The van der Waals surface area contributed by atoms with Crippen LogP contribution in [0.25, 0.3) is 0 Å². The van der Waals surface area contributed by atoms with Crippen LogP contribution in [-0.4, -0.2) is 18.4 Å². The summed E-state index contributed by atoms with van der Waals surface area (Å²) in [5.41, 5.74) is 0. The molecule has 2 aromatic rings. The maximum Gasteiger partial charge on any atom is 0.264 e. The fraction of sp³-hybridized carbons (Fsp3) is 0. The van der Waals surface area contributed by atoms with Crippen molar-refractivity contribution < 1.29 is 8.42 Å². The number of nitrogens with zero attached hydrogens (tertiary/aromatic N) is 2. The Balaban J connectivity index is 2.40. The zero-order valence-electron chi connectivity index (χ0n) is 8.84. The van der Waals surface area contributed by atoms with E-state index in [-0.39, 0.29) is 10.7 Å². The van der Waals surface area contributed by atoms with Gasteiger partial charge in [-0.05, 0) is 34.1 Å². The van der Waals surface area contributed by atoms with Crippen molar-refractivity contribution in [3.63, 3.8) is 0 Å². The summed E-state index contributed by atoms with van der Waals surface area (Å²) >= 11 is 6.44. The molecule has 0 saturated heterocycles. The number of halogens is 2. The van der Waals surface area contributed by atoms with Crippen molar-refractivity contribution in [1.82, 2.24) is 9.97 Å². The molecule has 0 unspecified atom stereocenters. The second-order valence-corrected chi connectivity index (χ2v) is 6.69. The van der Waals surface area contributed by atoms with Gasteiger partial charge in [0, 0.05) is 21.3 Å². The molecule has 0 radical (unpaired) electrons. The average Bonchev–Trinajstić information content (AvgIpc) is 2.33. The van der Waals surface area contributed by atoms with Gasteiger partial charge in [0.15, 0.2) is 5.82 Å². The monoisotopic (exact) mass is 391 g/mol. The standard InChI is InChI=1S/C10H7Br2N3O2S/c11-7-1-2-8(12)9(5-7)18(16,17)15-10-6-13-3-4-14-10/h1-6H,(H,14,15). The van der Waals surface area contributed by atoms with Gasteiger partial charge in [-0.2, -0.15) is 0 Å². The minimum absolute atomic E-state index is 0.127. The Morgan fingerprint density at radius 3 is 2.61 bits per heavy atom. The van der Waals surface area contributed by atoms with Crippen LogP contribution in [-0.2, 0) is 10.0 Å². The quantitative estimate of drug-likeness (QED) is 0.871. The lowest BCUT2D eigenvalue weighted by Gasteiger charge is -2.08.